The second kappa shape index (κ2) is 8.96. The fourth-order valence-electron chi connectivity index (χ4n) is 3.74. The maximum atomic E-state index is 13.4. The van der Waals surface area contributed by atoms with Gasteiger partial charge in [-0.05, 0) is 48.6 Å². The van der Waals surface area contributed by atoms with Crippen LogP contribution in [0.2, 0.25) is 0 Å². The van der Waals surface area contributed by atoms with Crippen LogP contribution in [-0.4, -0.2) is 52.3 Å². The Labute approximate surface area is 188 Å². The highest BCUT2D eigenvalue weighted by atomic mass is 32.2. The van der Waals surface area contributed by atoms with Crippen LogP contribution in [0.5, 0.6) is 0 Å². The van der Waals surface area contributed by atoms with E-state index in [1.165, 1.54) is 44.7 Å². The molecule has 12 heteroatoms. The number of piperidine rings is 1. The van der Waals surface area contributed by atoms with Gasteiger partial charge < -0.3 is 5.32 Å². The van der Waals surface area contributed by atoms with Crippen molar-refractivity contribution in [1.82, 2.24) is 18.7 Å². The number of hydrogen-bond donors (Lipinski definition) is 1. The predicted octanol–water partition coefficient (Wildman–Crippen LogP) is 2.01. The zero-order valence-corrected chi connectivity index (χ0v) is 18.9. The average Bonchev–Trinajstić information content (AvgIpc) is 3.36. The Balaban J connectivity index is 1.59. The van der Waals surface area contributed by atoms with E-state index in [9.17, 15) is 22.4 Å². The first-order valence-corrected chi connectivity index (χ1v) is 12.7. The van der Waals surface area contributed by atoms with Gasteiger partial charge in [0.15, 0.2) is 0 Å². The molecule has 2 aromatic heterocycles. The first-order chi connectivity index (χ1) is 15.2. The molecular formula is C20H22FN5O4S2. The lowest BCUT2D eigenvalue weighted by atomic mass is 9.97. The molecule has 9 nitrogen and oxygen atoms in total. The van der Waals surface area contributed by atoms with Gasteiger partial charge in [0.2, 0.25) is 15.9 Å². The summed E-state index contributed by atoms with van der Waals surface area (Å²) in [5, 5.41) is 9.52. The van der Waals surface area contributed by atoms with E-state index in [0.29, 0.717) is 36.8 Å². The largest absolute Gasteiger partial charge is 0.351 e. The summed E-state index contributed by atoms with van der Waals surface area (Å²) in [5.41, 5.74) is -0.170. The van der Waals surface area contributed by atoms with Crippen LogP contribution in [0, 0.1) is 5.82 Å². The van der Waals surface area contributed by atoms with E-state index in [4.69, 9.17) is 0 Å². The van der Waals surface area contributed by atoms with Crippen LogP contribution in [0.25, 0.3) is 5.00 Å². The Morgan fingerprint density at radius 2 is 2.00 bits per heavy atom. The van der Waals surface area contributed by atoms with Crippen LogP contribution >= 0.6 is 11.3 Å². The maximum absolute atomic E-state index is 13.4. The van der Waals surface area contributed by atoms with E-state index in [0.717, 1.165) is 4.68 Å². The first-order valence-electron chi connectivity index (χ1n) is 9.96. The quantitative estimate of drug-likeness (QED) is 0.582. The summed E-state index contributed by atoms with van der Waals surface area (Å²) in [6.45, 7) is 0.354. The summed E-state index contributed by atoms with van der Waals surface area (Å²) in [5.74, 6) is -0.615. The van der Waals surface area contributed by atoms with Gasteiger partial charge >= 0.3 is 5.69 Å². The van der Waals surface area contributed by atoms with Gasteiger partial charge in [0, 0.05) is 24.7 Å². The molecule has 1 aliphatic rings. The Hall–Kier alpha value is -2.83. The molecule has 1 N–H and O–H groups in total. The van der Waals surface area contributed by atoms with Gasteiger partial charge in [-0.3, -0.25) is 4.79 Å². The van der Waals surface area contributed by atoms with Gasteiger partial charge in [0.25, 0.3) is 0 Å². The Morgan fingerprint density at radius 1 is 1.25 bits per heavy atom. The van der Waals surface area contributed by atoms with E-state index in [-0.39, 0.29) is 18.2 Å². The molecule has 0 unspecified atom stereocenters. The summed E-state index contributed by atoms with van der Waals surface area (Å²) < 4.78 is 41.0. The molecule has 1 aliphatic heterocycles. The van der Waals surface area contributed by atoms with Crippen molar-refractivity contribution >= 4 is 33.0 Å². The highest BCUT2D eigenvalue weighted by molar-refractivity contribution is 7.88. The lowest BCUT2D eigenvalue weighted by Gasteiger charge is -2.29. The third-order valence-corrected chi connectivity index (χ3v) is 7.44. The van der Waals surface area contributed by atoms with Crippen molar-refractivity contribution < 1.29 is 17.6 Å². The zero-order valence-electron chi connectivity index (χ0n) is 17.3. The van der Waals surface area contributed by atoms with Crippen LogP contribution in [0.4, 0.5) is 10.1 Å². The molecule has 3 aromatic rings. The summed E-state index contributed by atoms with van der Waals surface area (Å²) in [6, 6.07) is 9.09. The molecule has 1 amide bonds. The lowest BCUT2D eigenvalue weighted by molar-refractivity contribution is -0.117. The van der Waals surface area contributed by atoms with Crippen LogP contribution in [0.15, 0.2) is 46.6 Å². The zero-order chi connectivity index (χ0) is 22.9. The van der Waals surface area contributed by atoms with E-state index < -0.39 is 27.4 Å². The number of aromatic nitrogens is 3. The number of halogens is 1. The molecule has 0 aliphatic carbocycles. The average molecular weight is 480 g/mol. The molecule has 0 bridgehead atoms. The lowest BCUT2D eigenvalue weighted by Crippen LogP contribution is -2.37. The number of nitrogens with one attached hydrogen (secondary N) is 1. The van der Waals surface area contributed by atoms with Crippen LogP contribution < -0.4 is 11.0 Å². The summed E-state index contributed by atoms with van der Waals surface area (Å²) >= 11 is 1.37. The molecule has 4 rings (SSSR count). The SMILES string of the molecule is CS(=O)(=O)N1CCC(c2nn(CC(=O)Nc3cccc(F)c3)c(=O)n2-c2cccs2)CC1. The van der Waals surface area contributed by atoms with Gasteiger partial charge in [-0.25, -0.2) is 31.2 Å². The highest BCUT2D eigenvalue weighted by Crippen LogP contribution is 2.29. The predicted molar refractivity (Wildman–Crippen MR) is 119 cm³/mol. The van der Waals surface area contributed by atoms with Crippen molar-refractivity contribution in [1.29, 1.82) is 0 Å². The van der Waals surface area contributed by atoms with Gasteiger partial charge in [-0.2, -0.15) is 5.10 Å². The monoisotopic (exact) mass is 479 g/mol. The van der Waals surface area contributed by atoms with Crippen molar-refractivity contribution in [2.24, 2.45) is 0 Å². The van der Waals surface area contributed by atoms with E-state index in [1.807, 2.05) is 11.4 Å². The molecule has 0 radical (unpaired) electrons. The minimum atomic E-state index is -3.27. The maximum Gasteiger partial charge on any atom is 0.351 e. The third-order valence-electron chi connectivity index (χ3n) is 5.28. The van der Waals surface area contributed by atoms with Crippen molar-refractivity contribution in [2.45, 2.75) is 25.3 Å². The number of nitrogens with zero attached hydrogens (tertiary/aromatic N) is 4. The van der Waals surface area contributed by atoms with Gasteiger partial charge in [0.05, 0.1) is 6.26 Å². The fourth-order valence-corrected chi connectivity index (χ4v) is 5.35. The van der Waals surface area contributed by atoms with Crippen molar-refractivity contribution in [2.75, 3.05) is 24.7 Å². The Morgan fingerprint density at radius 3 is 2.62 bits per heavy atom. The third kappa shape index (κ3) is 4.81. The second-order valence-corrected chi connectivity index (χ2v) is 10.5. The molecule has 32 heavy (non-hydrogen) atoms. The number of sulfonamides is 1. The minimum Gasteiger partial charge on any atom is -0.324 e. The Kier molecular flexibility index (Phi) is 6.26. The van der Waals surface area contributed by atoms with Crippen LogP contribution in [0.3, 0.4) is 0 Å². The highest BCUT2D eigenvalue weighted by Gasteiger charge is 2.30. The number of anilines is 1. The molecule has 3 heterocycles. The molecule has 1 fully saturated rings. The van der Waals surface area contributed by atoms with E-state index >= 15 is 0 Å². The second-order valence-electron chi connectivity index (χ2n) is 7.58. The van der Waals surface area contributed by atoms with Gasteiger partial charge in [0.1, 0.15) is 23.2 Å². The van der Waals surface area contributed by atoms with Crippen molar-refractivity contribution in [3.05, 3.63) is 63.9 Å². The molecule has 1 aromatic carbocycles. The smallest absolute Gasteiger partial charge is 0.324 e. The van der Waals surface area contributed by atoms with Crippen molar-refractivity contribution in [3.8, 4) is 5.00 Å². The molecule has 0 atom stereocenters. The van der Waals surface area contributed by atoms with Crippen molar-refractivity contribution in [3.63, 3.8) is 0 Å². The van der Waals surface area contributed by atoms with E-state index in [2.05, 4.69) is 10.4 Å². The fraction of sp³-hybridized carbons (Fsp3) is 0.350. The number of amides is 1. The number of benzene rings is 1. The standard InChI is InChI=1S/C20H22FN5O4S2/c1-32(29,30)24-9-7-14(8-10-24)19-23-25(20(28)26(19)18-6-3-11-31-18)13-17(27)22-16-5-2-4-15(21)12-16/h2-6,11-12,14H,7-10,13H2,1H3,(H,22,27). The van der Waals surface area contributed by atoms with E-state index in [1.54, 1.807) is 12.1 Å². The summed E-state index contributed by atoms with van der Waals surface area (Å²) in [6.07, 6.45) is 2.22. The number of thiophene rings is 1. The topological polar surface area (TPSA) is 106 Å². The molecule has 0 saturated carbocycles. The number of rotatable bonds is 6. The molecule has 1 saturated heterocycles. The summed E-state index contributed by atoms with van der Waals surface area (Å²) in [7, 11) is -3.27. The molecular weight excluding hydrogens is 457 g/mol. The Bertz CT molecular complexity index is 1280. The number of carbonyl (C=O) groups is 1. The number of hydrogen-bond acceptors (Lipinski definition) is 6. The molecule has 0 spiro atoms. The van der Waals surface area contributed by atoms with Crippen LogP contribution in [0.1, 0.15) is 24.6 Å². The van der Waals surface area contributed by atoms with Gasteiger partial charge in [-0.15, -0.1) is 11.3 Å². The van der Waals surface area contributed by atoms with Crippen LogP contribution in [-0.2, 0) is 21.4 Å². The van der Waals surface area contributed by atoms with Gasteiger partial charge in [-0.1, -0.05) is 6.07 Å². The number of carbonyl (C=O) groups excluding carboxylic acids is 1. The minimum absolute atomic E-state index is 0.129. The first kappa shape index (κ1) is 22.4. The molecule has 170 valence electrons. The normalized spacial score (nSPS) is 15.7. The summed E-state index contributed by atoms with van der Waals surface area (Å²) in [4.78, 5) is 25.6.